The van der Waals surface area contributed by atoms with Gasteiger partial charge in [-0.2, -0.15) is 0 Å². The van der Waals surface area contributed by atoms with Gasteiger partial charge in [-0.25, -0.2) is 0 Å². The Balaban J connectivity index is 1.31. The first kappa shape index (κ1) is 22.5. The summed E-state index contributed by atoms with van der Waals surface area (Å²) in [7, 11) is 0. The Hall–Kier alpha value is -2.71. The third kappa shape index (κ3) is 5.19. The van der Waals surface area contributed by atoms with E-state index in [1.54, 1.807) is 0 Å². The minimum Gasteiger partial charge on any atom is -0.480 e. The van der Waals surface area contributed by atoms with Crippen LogP contribution in [-0.2, 0) is 14.4 Å². The molecule has 1 aromatic rings. The molecule has 2 N–H and O–H groups in total. The van der Waals surface area contributed by atoms with Crippen LogP contribution in [0.15, 0.2) is 41.1 Å². The highest BCUT2D eigenvalue weighted by Gasteiger charge is 2.29. The van der Waals surface area contributed by atoms with Crippen molar-refractivity contribution in [1.29, 1.82) is 5.41 Å². The number of carbonyl (C=O) groups is 1. The lowest BCUT2D eigenvalue weighted by Crippen LogP contribution is -2.52. The first-order chi connectivity index (χ1) is 15.4. The Bertz CT molecular complexity index is 901. The fourth-order valence-corrected chi connectivity index (χ4v) is 4.69. The van der Waals surface area contributed by atoms with E-state index in [2.05, 4.69) is 30.0 Å². The molecule has 4 rings (SSSR count). The van der Waals surface area contributed by atoms with E-state index < -0.39 is 5.97 Å². The standard InChI is InChI=1S/C24H32N4O4/c1-16-14-31-15-17(2)28(16)24(25)20-5-3-19(4-6-20)22-12-21(32-26-22)11-18-7-9-27(10-8-18)13-23(29)30/h3-7,16-17,21,25H,8-15H2,1-2H3,(H,29,30). The number of amidine groups is 1. The van der Waals surface area contributed by atoms with E-state index in [9.17, 15) is 4.79 Å². The minimum atomic E-state index is -0.783. The number of morpholine rings is 1. The maximum Gasteiger partial charge on any atom is 0.317 e. The molecule has 1 fully saturated rings. The van der Waals surface area contributed by atoms with Crippen molar-refractivity contribution >= 4 is 17.5 Å². The SMILES string of the molecule is CC1COCC(C)N1C(=N)c1ccc(C2=NOC(CC3=CCN(CC(=O)O)CC3)C2)cc1. The van der Waals surface area contributed by atoms with Gasteiger partial charge in [-0.05, 0) is 25.8 Å². The summed E-state index contributed by atoms with van der Waals surface area (Å²) in [5, 5.41) is 21.9. The number of nitrogens with one attached hydrogen (secondary N) is 1. The molecule has 0 aromatic heterocycles. The van der Waals surface area contributed by atoms with Crippen molar-refractivity contribution in [1.82, 2.24) is 9.80 Å². The van der Waals surface area contributed by atoms with Crippen molar-refractivity contribution in [3.63, 3.8) is 0 Å². The summed E-state index contributed by atoms with van der Waals surface area (Å²) in [4.78, 5) is 20.6. The van der Waals surface area contributed by atoms with Crippen LogP contribution in [0.2, 0.25) is 0 Å². The molecule has 3 aliphatic heterocycles. The number of oxime groups is 1. The van der Waals surface area contributed by atoms with Crippen molar-refractivity contribution in [3.8, 4) is 0 Å². The zero-order chi connectivity index (χ0) is 22.7. The Morgan fingerprint density at radius 3 is 2.56 bits per heavy atom. The topological polar surface area (TPSA) is 98.5 Å². The van der Waals surface area contributed by atoms with Gasteiger partial charge in [0, 0.05) is 31.5 Å². The fourth-order valence-electron chi connectivity index (χ4n) is 4.69. The van der Waals surface area contributed by atoms with Gasteiger partial charge in [0.25, 0.3) is 0 Å². The number of hydrogen-bond acceptors (Lipinski definition) is 6. The fraction of sp³-hybridized carbons (Fsp3) is 0.542. The number of benzene rings is 1. The largest absolute Gasteiger partial charge is 0.480 e. The van der Waals surface area contributed by atoms with Crippen LogP contribution < -0.4 is 0 Å². The summed E-state index contributed by atoms with van der Waals surface area (Å²) in [5.41, 5.74) is 4.16. The average Bonchev–Trinajstić information content (AvgIpc) is 3.23. The summed E-state index contributed by atoms with van der Waals surface area (Å²) in [5.74, 6) is -0.252. The number of aliphatic carboxylic acids is 1. The molecule has 0 radical (unpaired) electrons. The average molecular weight is 441 g/mol. The van der Waals surface area contributed by atoms with E-state index in [1.807, 2.05) is 29.2 Å². The van der Waals surface area contributed by atoms with Crippen molar-refractivity contribution in [2.24, 2.45) is 5.16 Å². The van der Waals surface area contributed by atoms with Gasteiger partial charge in [-0.15, -0.1) is 0 Å². The number of rotatable bonds is 6. The number of nitrogens with zero attached hydrogens (tertiary/aromatic N) is 3. The van der Waals surface area contributed by atoms with Crippen LogP contribution in [0.5, 0.6) is 0 Å². The van der Waals surface area contributed by atoms with Gasteiger partial charge >= 0.3 is 5.97 Å². The molecular formula is C24H32N4O4. The van der Waals surface area contributed by atoms with E-state index in [0.29, 0.717) is 25.6 Å². The molecule has 1 saturated heterocycles. The lowest BCUT2D eigenvalue weighted by atomic mass is 9.96. The molecular weight excluding hydrogens is 408 g/mol. The second-order valence-electron chi connectivity index (χ2n) is 8.98. The van der Waals surface area contributed by atoms with Crippen LogP contribution in [0.25, 0.3) is 0 Å². The molecule has 8 nitrogen and oxygen atoms in total. The third-order valence-electron chi connectivity index (χ3n) is 6.39. The molecule has 3 heterocycles. The molecule has 172 valence electrons. The zero-order valence-corrected chi connectivity index (χ0v) is 18.8. The number of carboxylic acids is 1. The number of hydrogen-bond donors (Lipinski definition) is 2. The molecule has 3 atom stereocenters. The Morgan fingerprint density at radius 2 is 1.94 bits per heavy atom. The van der Waals surface area contributed by atoms with E-state index in [4.69, 9.17) is 20.1 Å². The van der Waals surface area contributed by atoms with Crippen LogP contribution in [-0.4, -0.2) is 83.5 Å². The summed E-state index contributed by atoms with van der Waals surface area (Å²) < 4.78 is 5.58. The number of carboxylic acid groups (broad SMARTS) is 1. The van der Waals surface area contributed by atoms with E-state index in [1.165, 1.54) is 5.57 Å². The Kier molecular flexibility index (Phi) is 6.91. The Morgan fingerprint density at radius 1 is 1.22 bits per heavy atom. The van der Waals surface area contributed by atoms with Gasteiger partial charge in [0.1, 0.15) is 11.9 Å². The van der Waals surface area contributed by atoms with Crippen LogP contribution in [0.3, 0.4) is 0 Å². The predicted molar refractivity (Wildman–Crippen MR) is 122 cm³/mol. The quantitative estimate of drug-likeness (QED) is 0.401. The van der Waals surface area contributed by atoms with Crippen molar-refractivity contribution in [2.45, 2.75) is 51.3 Å². The normalized spacial score (nSPS) is 26.3. The molecule has 0 saturated carbocycles. The summed E-state index contributed by atoms with van der Waals surface area (Å²) in [6.45, 7) is 7.02. The monoisotopic (exact) mass is 440 g/mol. The lowest BCUT2D eigenvalue weighted by Gasteiger charge is -2.40. The van der Waals surface area contributed by atoms with Gasteiger partial charge in [-0.3, -0.25) is 15.1 Å². The zero-order valence-electron chi connectivity index (χ0n) is 18.8. The lowest BCUT2D eigenvalue weighted by molar-refractivity contribution is -0.138. The van der Waals surface area contributed by atoms with Crippen LogP contribution >= 0.6 is 0 Å². The maximum atomic E-state index is 10.8. The minimum absolute atomic E-state index is 0.0234. The van der Waals surface area contributed by atoms with Crippen LogP contribution in [0, 0.1) is 5.41 Å². The molecule has 0 aliphatic carbocycles. The highest BCUT2D eigenvalue weighted by atomic mass is 16.6. The molecule has 32 heavy (non-hydrogen) atoms. The van der Waals surface area contributed by atoms with Crippen molar-refractivity contribution < 1.29 is 19.5 Å². The molecule has 0 spiro atoms. The second kappa shape index (κ2) is 9.83. The van der Waals surface area contributed by atoms with Crippen LogP contribution in [0.1, 0.15) is 44.2 Å². The third-order valence-corrected chi connectivity index (χ3v) is 6.39. The second-order valence-corrected chi connectivity index (χ2v) is 8.98. The molecule has 3 aliphatic rings. The van der Waals surface area contributed by atoms with Gasteiger partial charge in [0.15, 0.2) is 0 Å². The molecule has 0 bridgehead atoms. The van der Waals surface area contributed by atoms with E-state index in [0.717, 1.165) is 42.6 Å². The molecule has 8 heteroatoms. The predicted octanol–water partition coefficient (Wildman–Crippen LogP) is 2.72. The van der Waals surface area contributed by atoms with Crippen LogP contribution in [0.4, 0.5) is 0 Å². The summed E-state index contributed by atoms with van der Waals surface area (Å²) in [6.07, 6.45) is 4.60. The summed E-state index contributed by atoms with van der Waals surface area (Å²) >= 11 is 0. The molecule has 3 unspecified atom stereocenters. The van der Waals surface area contributed by atoms with Gasteiger partial charge < -0.3 is 19.6 Å². The van der Waals surface area contributed by atoms with Gasteiger partial charge in [0.05, 0.1) is 37.6 Å². The van der Waals surface area contributed by atoms with E-state index in [-0.39, 0.29) is 24.7 Å². The Labute approximate surface area is 189 Å². The van der Waals surface area contributed by atoms with Crippen molar-refractivity contribution in [2.75, 3.05) is 32.8 Å². The molecule has 1 aromatic carbocycles. The van der Waals surface area contributed by atoms with Gasteiger partial charge in [0.2, 0.25) is 0 Å². The first-order valence-corrected chi connectivity index (χ1v) is 11.3. The van der Waals surface area contributed by atoms with Gasteiger partial charge in [-0.1, -0.05) is 41.1 Å². The highest BCUT2D eigenvalue weighted by Crippen LogP contribution is 2.25. The van der Waals surface area contributed by atoms with E-state index >= 15 is 0 Å². The first-order valence-electron chi connectivity index (χ1n) is 11.3. The number of ether oxygens (including phenoxy) is 1. The smallest absolute Gasteiger partial charge is 0.317 e. The summed E-state index contributed by atoms with van der Waals surface area (Å²) in [6, 6.07) is 8.39. The highest BCUT2D eigenvalue weighted by molar-refractivity contribution is 6.03. The molecule has 0 amide bonds. The van der Waals surface area contributed by atoms with Crippen molar-refractivity contribution in [3.05, 3.63) is 47.0 Å². The maximum absolute atomic E-state index is 10.8.